The molecular formula is C15H19N5O3S. The fourth-order valence-corrected chi connectivity index (χ4v) is 3.99. The third-order valence-corrected chi connectivity index (χ3v) is 5.29. The van der Waals surface area contributed by atoms with Crippen molar-refractivity contribution in [3.63, 3.8) is 0 Å². The Hall–Kier alpha value is -2.26. The molecule has 0 aliphatic carbocycles. The summed E-state index contributed by atoms with van der Waals surface area (Å²) in [5.74, 6) is 0.277. The summed E-state index contributed by atoms with van der Waals surface area (Å²) < 4.78 is 26.5. The molecule has 9 heteroatoms. The smallest absolute Gasteiger partial charge is 0.238 e. The molecule has 0 bridgehead atoms. The Morgan fingerprint density at radius 3 is 2.79 bits per heavy atom. The lowest BCUT2D eigenvalue weighted by molar-refractivity contribution is -0.124. The number of nitrogens with zero attached hydrogens (tertiary/aromatic N) is 4. The Labute approximate surface area is 140 Å². The molecule has 1 fully saturated rings. The second-order valence-corrected chi connectivity index (χ2v) is 7.64. The molecule has 0 radical (unpaired) electrons. The van der Waals surface area contributed by atoms with E-state index in [0.717, 1.165) is 11.9 Å². The maximum absolute atomic E-state index is 12.4. The molecule has 1 aromatic carbocycles. The van der Waals surface area contributed by atoms with Crippen LogP contribution in [0.25, 0.3) is 5.69 Å². The second kappa shape index (κ2) is 6.70. The normalized spacial score (nSPS) is 18.6. The minimum absolute atomic E-state index is 0.182. The molecule has 1 aromatic heterocycles. The van der Waals surface area contributed by atoms with Gasteiger partial charge in [0.2, 0.25) is 15.9 Å². The molecule has 0 spiro atoms. The summed E-state index contributed by atoms with van der Waals surface area (Å²) in [7, 11) is -3.38. The van der Waals surface area contributed by atoms with Gasteiger partial charge in [0.1, 0.15) is 12.4 Å². The zero-order valence-corrected chi connectivity index (χ0v) is 14.1. The van der Waals surface area contributed by atoms with Gasteiger partial charge in [0.25, 0.3) is 0 Å². The molecule has 1 N–H and O–H groups in total. The number of hydrogen-bond acceptors (Lipinski definition) is 5. The van der Waals surface area contributed by atoms with Crippen molar-refractivity contribution in [2.45, 2.75) is 25.4 Å². The third kappa shape index (κ3) is 3.46. The van der Waals surface area contributed by atoms with Crippen molar-refractivity contribution in [2.75, 3.05) is 12.8 Å². The average Bonchev–Trinajstić information content (AvgIpc) is 3.22. The Balaban J connectivity index is 1.69. The van der Waals surface area contributed by atoms with Gasteiger partial charge in [-0.2, -0.15) is 4.31 Å². The predicted molar refractivity (Wildman–Crippen MR) is 87.8 cm³/mol. The van der Waals surface area contributed by atoms with Gasteiger partial charge in [-0.1, -0.05) is 18.2 Å². The van der Waals surface area contributed by atoms with Gasteiger partial charge in [-0.25, -0.2) is 8.42 Å². The van der Waals surface area contributed by atoms with Crippen LogP contribution < -0.4 is 5.32 Å². The number of aromatic nitrogens is 3. The topological polar surface area (TPSA) is 97.2 Å². The summed E-state index contributed by atoms with van der Waals surface area (Å²) >= 11 is 0. The van der Waals surface area contributed by atoms with E-state index in [9.17, 15) is 13.2 Å². The largest absolute Gasteiger partial charge is 0.347 e. The molecule has 24 heavy (non-hydrogen) atoms. The van der Waals surface area contributed by atoms with Gasteiger partial charge < -0.3 is 5.32 Å². The molecule has 1 amide bonds. The molecule has 8 nitrogen and oxygen atoms in total. The quantitative estimate of drug-likeness (QED) is 0.838. The highest BCUT2D eigenvalue weighted by Gasteiger charge is 2.36. The van der Waals surface area contributed by atoms with Gasteiger partial charge in [0, 0.05) is 12.2 Å². The Bertz CT molecular complexity index is 819. The van der Waals surface area contributed by atoms with Crippen LogP contribution in [0.3, 0.4) is 0 Å². The van der Waals surface area contributed by atoms with Crippen LogP contribution in [0.4, 0.5) is 0 Å². The fourth-order valence-electron chi connectivity index (χ4n) is 2.87. The molecule has 2 aromatic rings. The molecule has 0 unspecified atom stereocenters. The van der Waals surface area contributed by atoms with Gasteiger partial charge in [0.05, 0.1) is 12.8 Å². The first-order valence-corrected chi connectivity index (χ1v) is 9.50. The van der Waals surface area contributed by atoms with Crippen LogP contribution in [-0.2, 0) is 21.4 Å². The molecule has 128 valence electrons. The van der Waals surface area contributed by atoms with Crippen molar-refractivity contribution in [3.8, 4) is 5.69 Å². The van der Waals surface area contributed by atoms with Crippen LogP contribution in [0.15, 0.2) is 36.7 Å². The maximum atomic E-state index is 12.4. The predicted octanol–water partition coefficient (Wildman–Crippen LogP) is 0.308. The van der Waals surface area contributed by atoms with Crippen LogP contribution in [0.1, 0.15) is 18.7 Å². The number of amides is 1. The minimum Gasteiger partial charge on any atom is -0.347 e. The molecule has 1 aliphatic heterocycles. The number of rotatable bonds is 5. The fraction of sp³-hybridized carbons (Fsp3) is 0.400. The van der Waals surface area contributed by atoms with Crippen LogP contribution >= 0.6 is 0 Å². The van der Waals surface area contributed by atoms with E-state index in [0.29, 0.717) is 25.2 Å². The molecule has 2 heterocycles. The van der Waals surface area contributed by atoms with E-state index in [1.54, 1.807) is 10.9 Å². The van der Waals surface area contributed by atoms with E-state index < -0.39 is 16.1 Å². The van der Waals surface area contributed by atoms with E-state index >= 15 is 0 Å². The number of carbonyl (C=O) groups excluding carboxylic acids is 1. The van der Waals surface area contributed by atoms with Crippen LogP contribution in [0, 0.1) is 0 Å². The van der Waals surface area contributed by atoms with Crippen molar-refractivity contribution in [1.82, 2.24) is 24.4 Å². The van der Waals surface area contributed by atoms with Crippen molar-refractivity contribution in [3.05, 3.63) is 42.5 Å². The van der Waals surface area contributed by atoms with Crippen molar-refractivity contribution < 1.29 is 13.2 Å². The lowest BCUT2D eigenvalue weighted by Crippen LogP contribution is -2.45. The molecule has 0 saturated carbocycles. The van der Waals surface area contributed by atoms with E-state index in [2.05, 4.69) is 15.5 Å². The second-order valence-electron chi connectivity index (χ2n) is 5.70. The first-order valence-electron chi connectivity index (χ1n) is 7.65. The number of sulfonamides is 1. The van der Waals surface area contributed by atoms with E-state index in [-0.39, 0.29) is 12.5 Å². The third-order valence-electron chi connectivity index (χ3n) is 4.01. The average molecular weight is 349 g/mol. The number of para-hydroxylation sites is 1. The number of nitrogens with one attached hydrogen (secondary N) is 1. The zero-order valence-electron chi connectivity index (χ0n) is 13.3. The van der Waals surface area contributed by atoms with Gasteiger partial charge in [0.15, 0.2) is 5.82 Å². The van der Waals surface area contributed by atoms with Crippen LogP contribution in [0.2, 0.25) is 0 Å². The van der Waals surface area contributed by atoms with E-state index in [4.69, 9.17) is 0 Å². The van der Waals surface area contributed by atoms with Gasteiger partial charge in [-0.3, -0.25) is 9.36 Å². The standard InChI is InChI=1S/C15H19N5O3S/c1-24(22,23)20-9-5-8-13(20)15(21)16-10-14-18-17-11-19(14)12-6-3-2-4-7-12/h2-4,6-7,11,13H,5,8-10H2,1H3,(H,16,21)/t13-/m0/s1. The van der Waals surface area contributed by atoms with Gasteiger partial charge >= 0.3 is 0 Å². The highest BCUT2D eigenvalue weighted by molar-refractivity contribution is 7.88. The molecular weight excluding hydrogens is 330 g/mol. The highest BCUT2D eigenvalue weighted by atomic mass is 32.2. The summed E-state index contributed by atoms with van der Waals surface area (Å²) in [4.78, 5) is 12.4. The Morgan fingerprint density at radius 1 is 1.33 bits per heavy atom. The maximum Gasteiger partial charge on any atom is 0.238 e. The zero-order chi connectivity index (χ0) is 17.2. The van der Waals surface area contributed by atoms with Crippen LogP contribution in [0.5, 0.6) is 0 Å². The molecule has 1 saturated heterocycles. The van der Waals surface area contributed by atoms with Crippen molar-refractivity contribution in [2.24, 2.45) is 0 Å². The molecule has 3 rings (SSSR count). The lowest BCUT2D eigenvalue weighted by Gasteiger charge is -2.21. The Kier molecular flexibility index (Phi) is 4.63. The van der Waals surface area contributed by atoms with Crippen molar-refractivity contribution >= 4 is 15.9 Å². The summed E-state index contributed by atoms with van der Waals surface area (Å²) in [6.45, 7) is 0.568. The summed E-state index contributed by atoms with van der Waals surface area (Å²) in [5.41, 5.74) is 0.894. The molecule has 1 aliphatic rings. The van der Waals surface area contributed by atoms with Gasteiger partial charge in [-0.05, 0) is 25.0 Å². The monoisotopic (exact) mass is 349 g/mol. The van der Waals surface area contributed by atoms with E-state index in [1.807, 2.05) is 30.3 Å². The number of benzene rings is 1. The van der Waals surface area contributed by atoms with Crippen molar-refractivity contribution in [1.29, 1.82) is 0 Å². The SMILES string of the molecule is CS(=O)(=O)N1CCC[C@H]1C(=O)NCc1nncn1-c1ccccc1. The molecule has 1 atom stereocenters. The first kappa shape index (κ1) is 16.6. The number of hydrogen-bond donors (Lipinski definition) is 1. The summed E-state index contributed by atoms with van der Waals surface area (Å²) in [5, 5.41) is 10.7. The van der Waals surface area contributed by atoms with Gasteiger partial charge in [-0.15, -0.1) is 10.2 Å². The highest BCUT2D eigenvalue weighted by Crippen LogP contribution is 2.20. The summed E-state index contributed by atoms with van der Waals surface area (Å²) in [6, 6.07) is 8.90. The summed E-state index contributed by atoms with van der Waals surface area (Å²) in [6.07, 6.45) is 3.93. The lowest BCUT2D eigenvalue weighted by atomic mass is 10.2. The minimum atomic E-state index is -3.38. The Morgan fingerprint density at radius 2 is 2.08 bits per heavy atom. The number of carbonyl (C=O) groups is 1. The van der Waals surface area contributed by atoms with E-state index in [1.165, 1.54) is 4.31 Å². The first-order chi connectivity index (χ1) is 11.5. The van der Waals surface area contributed by atoms with Crippen LogP contribution in [-0.4, -0.2) is 52.2 Å².